The number of rotatable bonds is 4. The summed E-state index contributed by atoms with van der Waals surface area (Å²) in [5.74, 6) is -0.265. The lowest BCUT2D eigenvalue weighted by molar-refractivity contribution is 0.0949. The smallest absolute Gasteiger partial charge is 0.293 e. The summed E-state index contributed by atoms with van der Waals surface area (Å²) in [5.41, 5.74) is 2.20. The molecule has 8 heteroatoms. The van der Waals surface area contributed by atoms with Crippen molar-refractivity contribution in [2.75, 3.05) is 5.32 Å². The van der Waals surface area contributed by atoms with E-state index in [1.54, 1.807) is 36.4 Å². The van der Waals surface area contributed by atoms with Crippen LogP contribution in [0.15, 0.2) is 86.0 Å². The molecular formula is C18H13BrN4O2S. The molecule has 0 aliphatic rings. The molecule has 3 aromatic rings. The van der Waals surface area contributed by atoms with Gasteiger partial charge in [-0.2, -0.15) is 10.2 Å². The van der Waals surface area contributed by atoms with Crippen molar-refractivity contribution in [1.82, 2.24) is 5.32 Å². The minimum absolute atomic E-state index is 0.165. The molecule has 0 saturated carbocycles. The van der Waals surface area contributed by atoms with Crippen molar-refractivity contribution >= 4 is 56.2 Å². The van der Waals surface area contributed by atoms with E-state index >= 15 is 0 Å². The second-order valence-electron chi connectivity index (χ2n) is 5.09. The molecule has 1 amide bonds. The van der Waals surface area contributed by atoms with Crippen LogP contribution < -0.4 is 10.6 Å². The Morgan fingerprint density at radius 2 is 1.58 bits per heavy atom. The van der Waals surface area contributed by atoms with E-state index in [0.29, 0.717) is 10.4 Å². The number of benzene rings is 2. The predicted octanol–water partition coefficient (Wildman–Crippen LogP) is 5.58. The maximum Gasteiger partial charge on any atom is 0.293 e. The van der Waals surface area contributed by atoms with Gasteiger partial charge in [-0.15, -0.1) is 0 Å². The molecule has 0 radical (unpaired) electrons. The van der Waals surface area contributed by atoms with E-state index in [1.807, 2.05) is 30.3 Å². The Hall–Kier alpha value is -2.84. The molecule has 26 heavy (non-hydrogen) atoms. The third-order valence-corrected chi connectivity index (χ3v) is 3.82. The molecule has 0 spiro atoms. The fraction of sp³-hybridized carbons (Fsp3) is 0. The average molecular weight is 429 g/mol. The van der Waals surface area contributed by atoms with Gasteiger partial charge in [0.05, 0.1) is 11.4 Å². The van der Waals surface area contributed by atoms with Gasteiger partial charge < -0.3 is 9.73 Å². The van der Waals surface area contributed by atoms with Crippen LogP contribution in [0.5, 0.6) is 0 Å². The first-order valence-corrected chi connectivity index (χ1v) is 8.75. The number of hydrogen-bond donors (Lipinski definition) is 2. The summed E-state index contributed by atoms with van der Waals surface area (Å²) in [6.45, 7) is 0. The molecule has 0 fully saturated rings. The molecule has 3 rings (SSSR count). The molecule has 6 nitrogen and oxygen atoms in total. The molecule has 0 atom stereocenters. The van der Waals surface area contributed by atoms with E-state index in [1.165, 1.54) is 0 Å². The van der Waals surface area contributed by atoms with Gasteiger partial charge in [0.2, 0.25) is 0 Å². The number of azo groups is 1. The number of carbonyl (C=O) groups excluding carboxylic acids is 1. The standard InChI is InChI=1S/C18H13BrN4O2S/c19-16-11-10-15(25-16)17(24)21-18(26)20-12-6-8-14(9-7-12)23-22-13-4-2-1-3-5-13/h1-11H,(H2,20,21,24,26). The van der Waals surface area contributed by atoms with Gasteiger partial charge in [0.15, 0.2) is 15.5 Å². The molecule has 130 valence electrons. The Kier molecular flexibility index (Phi) is 5.88. The van der Waals surface area contributed by atoms with E-state index in [-0.39, 0.29) is 10.9 Å². The normalized spacial score (nSPS) is 10.7. The lowest BCUT2D eigenvalue weighted by Crippen LogP contribution is -2.33. The number of halogens is 1. The van der Waals surface area contributed by atoms with E-state index in [4.69, 9.17) is 16.6 Å². The van der Waals surface area contributed by atoms with Crippen LogP contribution in [0.2, 0.25) is 0 Å². The van der Waals surface area contributed by atoms with E-state index in [2.05, 4.69) is 36.8 Å². The highest BCUT2D eigenvalue weighted by atomic mass is 79.9. The van der Waals surface area contributed by atoms with Gasteiger partial charge in [0.25, 0.3) is 5.91 Å². The fourth-order valence-electron chi connectivity index (χ4n) is 1.98. The van der Waals surface area contributed by atoms with Gasteiger partial charge in [-0.05, 0) is 76.7 Å². The zero-order chi connectivity index (χ0) is 18.4. The summed E-state index contributed by atoms with van der Waals surface area (Å²) in [7, 11) is 0. The summed E-state index contributed by atoms with van der Waals surface area (Å²) < 4.78 is 5.64. The largest absolute Gasteiger partial charge is 0.444 e. The first-order chi connectivity index (χ1) is 12.6. The van der Waals surface area contributed by atoms with Crippen molar-refractivity contribution in [1.29, 1.82) is 0 Å². The molecule has 2 aromatic carbocycles. The topological polar surface area (TPSA) is 79.0 Å². The lowest BCUT2D eigenvalue weighted by Gasteiger charge is -2.08. The number of amides is 1. The Bertz CT molecular complexity index is 939. The Morgan fingerprint density at radius 3 is 2.19 bits per heavy atom. The first-order valence-electron chi connectivity index (χ1n) is 7.55. The first kappa shape index (κ1) is 18.0. The second kappa shape index (κ2) is 8.50. The average Bonchev–Trinajstić information content (AvgIpc) is 3.08. The number of hydrogen-bond acceptors (Lipinski definition) is 5. The van der Waals surface area contributed by atoms with Crippen LogP contribution >= 0.6 is 28.1 Å². The van der Waals surface area contributed by atoms with Gasteiger partial charge in [0.1, 0.15) is 0 Å². The number of nitrogens with one attached hydrogen (secondary N) is 2. The van der Waals surface area contributed by atoms with Gasteiger partial charge in [-0.1, -0.05) is 18.2 Å². The Labute approximate surface area is 163 Å². The number of furan rings is 1. The van der Waals surface area contributed by atoms with Crippen molar-refractivity contribution in [2.24, 2.45) is 10.2 Å². The minimum Gasteiger partial charge on any atom is -0.444 e. The summed E-state index contributed by atoms with van der Waals surface area (Å²) in [6, 6.07) is 19.8. The van der Waals surface area contributed by atoms with Crippen LogP contribution in [0.4, 0.5) is 17.1 Å². The van der Waals surface area contributed by atoms with Gasteiger partial charge >= 0.3 is 0 Å². The summed E-state index contributed by atoms with van der Waals surface area (Å²) in [4.78, 5) is 12.0. The third-order valence-electron chi connectivity index (χ3n) is 3.19. The highest BCUT2D eigenvalue weighted by molar-refractivity contribution is 9.10. The van der Waals surface area contributed by atoms with E-state index in [0.717, 1.165) is 11.4 Å². The SMILES string of the molecule is O=C(NC(=S)Nc1ccc(N=Nc2ccccc2)cc1)c1ccc(Br)o1. The van der Waals surface area contributed by atoms with Gasteiger partial charge in [-0.25, -0.2) is 0 Å². The maximum atomic E-state index is 12.0. The molecular weight excluding hydrogens is 416 g/mol. The summed E-state index contributed by atoms with van der Waals surface area (Å²) >= 11 is 8.27. The number of anilines is 1. The van der Waals surface area contributed by atoms with Crippen LogP contribution in [-0.2, 0) is 0 Å². The second-order valence-corrected chi connectivity index (χ2v) is 6.28. The lowest BCUT2D eigenvalue weighted by atomic mass is 10.3. The molecule has 0 saturated heterocycles. The third kappa shape index (κ3) is 5.08. The number of nitrogens with zero attached hydrogens (tertiary/aromatic N) is 2. The van der Waals surface area contributed by atoms with Crippen molar-refractivity contribution in [3.05, 3.63) is 77.2 Å². The molecule has 0 unspecified atom stereocenters. The maximum absolute atomic E-state index is 12.0. The fourth-order valence-corrected chi connectivity index (χ4v) is 2.50. The summed E-state index contributed by atoms with van der Waals surface area (Å²) in [5, 5.41) is 14.0. The van der Waals surface area contributed by atoms with Crippen LogP contribution in [0.25, 0.3) is 0 Å². The molecule has 1 heterocycles. The zero-order valence-electron chi connectivity index (χ0n) is 13.3. The number of thiocarbonyl (C=S) groups is 1. The van der Waals surface area contributed by atoms with Crippen molar-refractivity contribution < 1.29 is 9.21 Å². The van der Waals surface area contributed by atoms with Crippen molar-refractivity contribution in [2.45, 2.75) is 0 Å². The minimum atomic E-state index is -0.429. The molecule has 2 N–H and O–H groups in total. The quantitative estimate of drug-likeness (QED) is 0.419. The predicted molar refractivity (Wildman–Crippen MR) is 107 cm³/mol. The monoisotopic (exact) mass is 428 g/mol. The van der Waals surface area contributed by atoms with Crippen LogP contribution in [0.1, 0.15) is 10.6 Å². The van der Waals surface area contributed by atoms with Crippen LogP contribution in [-0.4, -0.2) is 11.0 Å². The molecule has 0 aliphatic carbocycles. The van der Waals surface area contributed by atoms with Crippen LogP contribution in [0.3, 0.4) is 0 Å². The van der Waals surface area contributed by atoms with Gasteiger partial charge in [0, 0.05) is 5.69 Å². The highest BCUT2D eigenvalue weighted by Gasteiger charge is 2.12. The Balaban J connectivity index is 1.56. The molecule has 1 aromatic heterocycles. The van der Waals surface area contributed by atoms with Crippen molar-refractivity contribution in [3.8, 4) is 0 Å². The molecule has 0 aliphatic heterocycles. The summed E-state index contributed by atoms with van der Waals surface area (Å²) in [6.07, 6.45) is 0. The number of carbonyl (C=O) groups is 1. The highest BCUT2D eigenvalue weighted by Crippen LogP contribution is 2.20. The van der Waals surface area contributed by atoms with Gasteiger partial charge in [-0.3, -0.25) is 10.1 Å². The van der Waals surface area contributed by atoms with Crippen LogP contribution in [0, 0.1) is 0 Å². The zero-order valence-corrected chi connectivity index (χ0v) is 15.8. The van der Waals surface area contributed by atoms with E-state index < -0.39 is 5.91 Å². The molecule has 0 bridgehead atoms. The Morgan fingerprint density at radius 1 is 0.923 bits per heavy atom. The van der Waals surface area contributed by atoms with Crippen molar-refractivity contribution in [3.63, 3.8) is 0 Å². The van der Waals surface area contributed by atoms with E-state index in [9.17, 15) is 4.79 Å².